The van der Waals surface area contributed by atoms with Crippen LogP contribution in [0.15, 0.2) is 24.3 Å². The number of hydrogen-bond acceptors (Lipinski definition) is 7. The average Bonchev–Trinajstić information content (AvgIpc) is 3.67. The van der Waals surface area contributed by atoms with Crippen molar-refractivity contribution in [3.8, 4) is 11.6 Å². The first-order valence-electron chi connectivity index (χ1n) is 12.9. The van der Waals surface area contributed by atoms with E-state index >= 15 is 0 Å². The Kier molecular flexibility index (Phi) is 8.08. The number of rotatable bonds is 14. The van der Waals surface area contributed by atoms with Gasteiger partial charge in [-0.1, -0.05) is 32.4 Å². The smallest absolute Gasteiger partial charge is 0.336 e. The molecule has 1 saturated carbocycles. The Morgan fingerprint density at radius 3 is 2.44 bits per heavy atom. The maximum Gasteiger partial charge on any atom is 0.336 e. The molecular formula is C27H36N4O5. The number of ether oxygens (including phenoxy) is 3. The van der Waals surface area contributed by atoms with E-state index in [9.17, 15) is 9.90 Å². The molecule has 9 heteroatoms. The fraction of sp³-hybridized carbons (Fsp3) is 0.556. The Morgan fingerprint density at radius 1 is 1.11 bits per heavy atom. The van der Waals surface area contributed by atoms with E-state index in [1.165, 1.54) is 0 Å². The third kappa shape index (κ3) is 5.61. The molecule has 1 aromatic carbocycles. The number of aryl methyl sites for hydroxylation is 2. The van der Waals surface area contributed by atoms with Gasteiger partial charge in [-0.05, 0) is 50.3 Å². The minimum absolute atomic E-state index is 0.299. The number of aliphatic carboxylic acids is 1. The number of carboxylic acid groups (broad SMARTS) is 1. The van der Waals surface area contributed by atoms with Crippen molar-refractivity contribution in [2.45, 2.75) is 70.8 Å². The fourth-order valence-electron chi connectivity index (χ4n) is 4.43. The molecule has 0 aliphatic heterocycles. The number of carbonyl (C=O) groups is 1. The van der Waals surface area contributed by atoms with Gasteiger partial charge >= 0.3 is 5.97 Å². The Hall–Kier alpha value is -3.20. The lowest BCUT2D eigenvalue weighted by Crippen LogP contribution is -2.43. The summed E-state index contributed by atoms with van der Waals surface area (Å²) in [7, 11) is 1.90. The van der Waals surface area contributed by atoms with Gasteiger partial charge in [-0.15, -0.1) is 0 Å². The van der Waals surface area contributed by atoms with Gasteiger partial charge < -0.3 is 19.3 Å². The molecule has 1 aliphatic carbocycles. The lowest BCUT2D eigenvalue weighted by atomic mass is 9.91. The Morgan fingerprint density at radius 2 is 1.83 bits per heavy atom. The molecule has 0 bridgehead atoms. The van der Waals surface area contributed by atoms with Gasteiger partial charge in [-0.3, -0.25) is 4.68 Å². The standard InChI is InChI=1S/C27H36N4O5/c1-5-8-21-22-23(31(4)30-21)25(29-24(28-22)19-11-12-19)35-16-15-34-20-13-9-18(10-14-20)17-27(6-2,26(32)33)36-7-3/h9-10,13-14,19H,5-8,11-12,15-17H2,1-4H3,(H,32,33)/t27-/m0/s1. The highest BCUT2D eigenvalue weighted by molar-refractivity contribution is 5.82. The van der Waals surface area contributed by atoms with E-state index in [0.29, 0.717) is 50.2 Å². The van der Waals surface area contributed by atoms with Crippen molar-refractivity contribution >= 4 is 17.0 Å². The quantitative estimate of drug-likeness (QED) is 0.326. The third-order valence-electron chi connectivity index (χ3n) is 6.55. The molecule has 0 saturated heterocycles. The molecule has 1 atom stereocenters. The molecule has 194 valence electrons. The zero-order valence-electron chi connectivity index (χ0n) is 21.6. The highest BCUT2D eigenvalue weighted by Crippen LogP contribution is 2.40. The molecule has 0 spiro atoms. The first-order valence-corrected chi connectivity index (χ1v) is 12.9. The molecule has 2 aromatic heterocycles. The SMILES string of the molecule is CCCc1nn(C)c2c(OCCOc3ccc(C[C@](CC)(OCC)C(=O)O)cc3)nc(C3CC3)nc12. The average molecular weight is 497 g/mol. The first kappa shape index (κ1) is 25.9. The van der Waals surface area contributed by atoms with Gasteiger partial charge in [-0.25, -0.2) is 9.78 Å². The normalized spacial score (nSPS) is 15.1. The molecule has 4 rings (SSSR count). The first-order chi connectivity index (χ1) is 17.4. The molecule has 1 aliphatic rings. The molecule has 0 radical (unpaired) electrons. The van der Waals surface area contributed by atoms with Crippen molar-refractivity contribution in [2.75, 3.05) is 19.8 Å². The van der Waals surface area contributed by atoms with Crippen molar-refractivity contribution in [3.63, 3.8) is 0 Å². The third-order valence-corrected chi connectivity index (χ3v) is 6.55. The lowest BCUT2D eigenvalue weighted by molar-refractivity contribution is -0.166. The van der Waals surface area contributed by atoms with Gasteiger partial charge in [0.2, 0.25) is 5.88 Å². The molecule has 36 heavy (non-hydrogen) atoms. The van der Waals surface area contributed by atoms with Crippen LogP contribution in [0.3, 0.4) is 0 Å². The van der Waals surface area contributed by atoms with Crippen LogP contribution in [0.2, 0.25) is 0 Å². The van der Waals surface area contributed by atoms with Crippen LogP contribution in [0.1, 0.15) is 69.5 Å². The van der Waals surface area contributed by atoms with Crippen LogP contribution in [0.4, 0.5) is 0 Å². The predicted octanol–water partition coefficient (Wildman–Crippen LogP) is 4.46. The second-order valence-electron chi connectivity index (χ2n) is 9.28. The van der Waals surface area contributed by atoms with Crippen LogP contribution >= 0.6 is 0 Å². The molecule has 1 N–H and O–H groups in total. The summed E-state index contributed by atoms with van der Waals surface area (Å²) in [5.74, 6) is 1.56. The van der Waals surface area contributed by atoms with E-state index in [0.717, 1.165) is 53.8 Å². The molecule has 0 unspecified atom stereocenters. The number of benzene rings is 1. The van der Waals surface area contributed by atoms with Crippen LogP contribution in [0.25, 0.3) is 11.0 Å². The fourth-order valence-corrected chi connectivity index (χ4v) is 4.43. The largest absolute Gasteiger partial charge is 0.490 e. The van der Waals surface area contributed by atoms with Crippen molar-refractivity contribution in [1.82, 2.24) is 19.7 Å². The number of hydrogen-bond donors (Lipinski definition) is 1. The van der Waals surface area contributed by atoms with Crippen LogP contribution in [0, 0.1) is 0 Å². The summed E-state index contributed by atoms with van der Waals surface area (Å²) in [6.45, 7) is 6.79. The molecule has 9 nitrogen and oxygen atoms in total. The second kappa shape index (κ2) is 11.2. The summed E-state index contributed by atoms with van der Waals surface area (Å²) in [5, 5.41) is 14.3. The monoisotopic (exact) mass is 496 g/mol. The summed E-state index contributed by atoms with van der Waals surface area (Å²) in [4.78, 5) is 21.4. The minimum Gasteiger partial charge on any atom is -0.490 e. The van der Waals surface area contributed by atoms with Crippen molar-refractivity contribution in [3.05, 3.63) is 41.3 Å². The van der Waals surface area contributed by atoms with Gasteiger partial charge in [-0.2, -0.15) is 10.1 Å². The van der Waals surface area contributed by atoms with Crippen molar-refractivity contribution in [1.29, 1.82) is 0 Å². The topological polar surface area (TPSA) is 109 Å². The molecule has 3 aromatic rings. The Balaban J connectivity index is 1.39. The lowest BCUT2D eigenvalue weighted by Gasteiger charge is -2.28. The summed E-state index contributed by atoms with van der Waals surface area (Å²) in [6.07, 6.45) is 4.79. The molecule has 2 heterocycles. The highest BCUT2D eigenvalue weighted by atomic mass is 16.5. The predicted molar refractivity (Wildman–Crippen MR) is 136 cm³/mol. The van der Waals surface area contributed by atoms with Gasteiger partial charge in [0, 0.05) is 26.0 Å². The Labute approximate surface area is 211 Å². The van der Waals surface area contributed by atoms with Crippen LogP contribution < -0.4 is 9.47 Å². The highest BCUT2D eigenvalue weighted by Gasteiger charge is 2.37. The molecule has 1 fully saturated rings. The zero-order chi connectivity index (χ0) is 25.7. The van der Waals surface area contributed by atoms with Gasteiger partial charge in [0.25, 0.3) is 0 Å². The van der Waals surface area contributed by atoms with Crippen LogP contribution in [-0.2, 0) is 29.4 Å². The summed E-state index contributed by atoms with van der Waals surface area (Å²) < 4.78 is 19.4. The second-order valence-corrected chi connectivity index (χ2v) is 9.28. The number of carboxylic acids is 1. The van der Waals surface area contributed by atoms with Crippen molar-refractivity contribution < 1.29 is 24.1 Å². The van der Waals surface area contributed by atoms with Crippen molar-refractivity contribution in [2.24, 2.45) is 7.05 Å². The molecular weight excluding hydrogens is 460 g/mol. The van der Waals surface area contributed by atoms with E-state index < -0.39 is 11.6 Å². The van der Waals surface area contributed by atoms with E-state index in [2.05, 4.69) is 12.0 Å². The maximum absolute atomic E-state index is 11.8. The van der Waals surface area contributed by atoms with E-state index in [4.69, 9.17) is 24.2 Å². The summed E-state index contributed by atoms with van der Waals surface area (Å²) in [6, 6.07) is 7.44. The van der Waals surface area contributed by atoms with E-state index in [1.807, 2.05) is 49.8 Å². The molecule has 0 amide bonds. The van der Waals surface area contributed by atoms with Gasteiger partial charge in [0.05, 0.1) is 5.69 Å². The summed E-state index contributed by atoms with van der Waals surface area (Å²) >= 11 is 0. The van der Waals surface area contributed by atoms with Gasteiger partial charge in [0.15, 0.2) is 5.60 Å². The minimum atomic E-state index is -1.21. The van der Waals surface area contributed by atoms with E-state index in [1.54, 1.807) is 0 Å². The van der Waals surface area contributed by atoms with Crippen LogP contribution in [-0.4, -0.2) is 56.2 Å². The Bertz CT molecular complexity index is 1190. The number of fused-ring (bicyclic) bond motifs is 1. The van der Waals surface area contributed by atoms with Crippen LogP contribution in [0.5, 0.6) is 11.6 Å². The zero-order valence-corrected chi connectivity index (χ0v) is 21.6. The van der Waals surface area contributed by atoms with Gasteiger partial charge in [0.1, 0.15) is 35.8 Å². The number of aromatic nitrogens is 4. The maximum atomic E-state index is 11.8. The summed E-state index contributed by atoms with van der Waals surface area (Å²) in [5.41, 5.74) is 2.36. The van der Waals surface area contributed by atoms with E-state index in [-0.39, 0.29) is 0 Å². The number of nitrogens with zero attached hydrogens (tertiary/aromatic N) is 4.